The lowest BCUT2D eigenvalue weighted by molar-refractivity contribution is 1.73. The van der Waals surface area contributed by atoms with E-state index in [-0.39, 0.29) is 0 Å². The van der Waals surface area contributed by atoms with E-state index in [2.05, 4.69) is 35.0 Å². The molecule has 0 N–H and O–H groups in total. The highest BCUT2D eigenvalue weighted by atomic mass is 32.1. The molecule has 0 nitrogen and oxygen atoms in total. The van der Waals surface area contributed by atoms with Crippen LogP contribution in [0.5, 0.6) is 0 Å². The highest BCUT2D eigenvalue weighted by Gasteiger charge is 2.15. The summed E-state index contributed by atoms with van der Waals surface area (Å²) >= 11 is 3.69. The molecule has 0 saturated heterocycles. The smallest absolute Gasteiger partial charge is 0.0422 e. The van der Waals surface area contributed by atoms with Crippen molar-refractivity contribution in [2.24, 2.45) is 0 Å². The molecule has 0 radical (unpaired) electrons. The van der Waals surface area contributed by atoms with Crippen LogP contribution in [0, 0.1) is 0 Å². The van der Waals surface area contributed by atoms with Gasteiger partial charge in [0.25, 0.3) is 0 Å². The third kappa shape index (κ3) is 0.703. The molecular formula is C12H6S2. The topological polar surface area (TPSA) is 0 Å². The Morgan fingerprint density at radius 3 is 1.71 bits per heavy atom. The first-order valence-corrected chi connectivity index (χ1v) is 6.29. The second kappa shape index (κ2) is 2.27. The lowest BCUT2D eigenvalue weighted by Gasteiger charge is -1.89. The second-order valence-electron chi connectivity index (χ2n) is 3.53. The summed E-state index contributed by atoms with van der Waals surface area (Å²) in [6.45, 7) is 0. The number of rotatable bonds is 0. The molecule has 0 aromatic carbocycles. The number of thiophene rings is 2. The Bertz CT molecular complexity index is 701. The van der Waals surface area contributed by atoms with Crippen LogP contribution in [0.4, 0.5) is 0 Å². The fraction of sp³-hybridized carbons (Fsp3) is 0. The van der Waals surface area contributed by atoms with Crippen LogP contribution in [-0.2, 0) is 0 Å². The second-order valence-corrected chi connectivity index (χ2v) is 5.36. The molecule has 0 amide bonds. The fourth-order valence-corrected chi connectivity index (χ4v) is 3.96. The summed E-state index contributed by atoms with van der Waals surface area (Å²) in [6.07, 6.45) is 4.64. The summed E-state index contributed by atoms with van der Waals surface area (Å²) in [5.74, 6) is 0. The average Bonchev–Trinajstić information content (AvgIpc) is 2.80. The van der Waals surface area contributed by atoms with Gasteiger partial charge in [0, 0.05) is 20.2 Å². The van der Waals surface area contributed by atoms with E-state index < -0.39 is 0 Å². The van der Waals surface area contributed by atoms with Crippen LogP contribution in [0.1, 0.15) is 0 Å². The molecule has 14 heavy (non-hydrogen) atoms. The summed E-state index contributed by atoms with van der Waals surface area (Å²) in [6, 6.07) is 4.42. The van der Waals surface area contributed by atoms with E-state index in [1.54, 1.807) is 0 Å². The summed E-state index contributed by atoms with van der Waals surface area (Å²) in [5.41, 5.74) is 2.88. The molecule has 2 aromatic rings. The summed E-state index contributed by atoms with van der Waals surface area (Å²) < 4.78 is 2.90. The number of fused-ring (bicyclic) bond motifs is 3. The van der Waals surface area contributed by atoms with Gasteiger partial charge in [-0.2, -0.15) is 0 Å². The van der Waals surface area contributed by atoms with Crippen LogP contribution in [-0.4, -0.2) is 0 Å². The van der Waals surface area contributed by atoms with E-state index in [4.69, 9.17) is 0 Å². The van der Waals surface area contributed by atoms with Crippen molar-refractivity contribution in [3.05, 3.63) is 42.4 Å². The molecule has 0 fully saturated rings. The molecule has 2 aliphatic carbocycles. The Hall–Kier alpha value is -1.12. The SMILES string of the molecule is C1=c2ccsc2=C2C=c3ccsc3=C12. The van der Waals surface area contributed by atoms with Gasteiger partial charge in [0.2, 0.25) is 0 Å². The van der Waals surface area contributed by atoms with Crippen molar-refractivity contribution in [1.29, 1.82) is 0 Å². The summed E-state index contributed by atoms with van der Waals surface area (Å²) in [5, 5.41) is 7.14. The molecule has 0 bridgehead atoms. The predicted molar refractivity (Wildman–Crippen MR) is 62.9 cm³/mol. The maximum absolute atomic E-state index is 2.32. The summed E-state index contributed by atoms with van der Waals surface area (Å²) in [4.78, 5) is 0. The Morgan fingerprint density at radius 2 is 1.21 bits per heavy atom. The molecule has 4 rings (SSSR count). The molecule has 0 atom stereocenters. The highest BCUT2D eigenvalue weighted by Crippen LogP contribution is 2.20. The van der Waals surface area contributed by atoms with Crippen molar-refractivity contribution in [1.82, 2.24) is 0 Å². The number of hydrogen-bond donors (Lipinski definition) is 0. The fourth-order valence-electron chi connectivity index (χ4n) is 2.15. The van der Waals surface area contributed by atoms with Gasteiger partial charge in [-0.3, -0.25) is 0 Å². The van der Waals surface area contributed by atoms with Crippen molar-refractivity contribution in [2.45, 2.75) is 0 Å². The Balaban J connectivity index is 2.39. The zero-order valence-electron chi connectivity index (χ0n) is 7.28. The van der Waals surface area contributed by atoms with Gasteiger partial charge in [0.1, 0.15) is 0 Å². The quantitative estimate of drug-likeness (QED) is 0.595. The monoisotopic (exact) mass is 214 g/mol. The minimum Gasteiger partial charge on any atom is -0.143 e. The molecule has 0 saturated carbocycles. The molecule has 2 heterocycles. The summed E-state index contributed by atoms with van der Waals surface area (Å²) in [7, 11) is 0. The van der Waals surface area contributed by atoms with Crippen LogP contribution in [0.25, 0.3) is 23.3 Å². The molecule has 0 spiro atoms. The third-order valence-corrected chi connectivity index (χ3v) is 4.70. The lowest BCUT2D eigenvalue weighted by atomic mass is 10.2. The molecule has 66 valence electrons. The van der Waals surface area contributed by atoms with Crippen molar-refractivity contribution >= 4 is 46.0 Å². The normalized spacial score (nSPS) is 16.0. The molecule has 0 unspecified atom stereocenters. The molecule has 2 heteroatoms. The van der Waals surface area contributed by atoms with E-state index >= 15 is 0 Å². The zero-order chi connectivity index (χ0) is 9.12. The van der Waals surface area contributed by atoms with Crippen LogP contribution >= 0.6 is 22.7 Å². The van der Waals surface area contributed by atoms with E-state index in [9.17, 15) is 0 Å². The van der Waals surface area contributed by atoms with Crippen LogP contribution in [0.2, 0.25) is 0 Å². The van der Waals surface area contributed by atoms with Crippen molar-refractivity contribution in [2.75, 3.05) is 0 Å². The lowest BCUT2D eigenvalue weighted by Crippen LogP contribution is -2.17. The Labute approximate surface area is 88.5 Å². The van der Waals surface area contributed by atoms with Crippen LogP contribution in [0.3, 0.4) is 0 Å². The highest BCUT2D eigenvalue weighted by molar-refractivity contribution is 7.09. The van der Waals surface area contributed by atoms with Gasteiger partial charge in [-0.05, 0) is 45.5 Å². The first-order chi connectivity index (χ1) is 6.93. The van der Waals surface area contributed by atoms with Gasteiger partial charge in [0.15, 0.2) is 0 Å². The first-order valence-electron chi connectivity index (χ1n) is 4.53. The predicted octanol–water partition coefficient (Wildman–Crippen LogP) is 0.399. The largest absolute Gasteiger partial charge is 0.143 e. The van der Waals surface area contributed by atoms with Crippen molar-refractivity contribution in [3.63, 3.8) is 0 Å². The zero-order valence-corrected chi connectivity index (χ0v) is 8.91. The first kappa shape index (κ1) is 7.21. The van der Waals surface area contributed by atoms with E-state index in [1.807, 2.05) is 22.7 Å². The third-order valence-electron chi connectivity index (χ3n) is 2.77. The molecule has 2 aromatic heterocycles. The molecular weight excluding hydrogens is 208 g/mol. The van der Waals surface area contributed by atoms with Crippen molar-refractivity contribution in [3.8, 4) is 0 Å². The van der Waals surface area contributed by atoms with Gasteiger partial charge in [-0.25, -0.2) is 0 Å². The van der Waals surface area contributed by atoms with E-state index in [0.717, 1.165) is 0 Å². The van der Waals surface area contributed by atoms with E-state index in [1.165, 1.54) is 30.6 Å². The number of hydrogen-bond acceptors (Lipinski definition) is 2. The van der Waals surface area contributed by atoms with Gasteiger partial charge in [-0.1, -0.05) is 0 Å². The minimum absolute atomic E-state index is 1.40. The Morgan fingerprint density at radius 1 is 0.714 bits per heavy atom. The standard InChI is InChI=1S/C12H6S2/c1-3-13-11-7(1)5-9-10(11)6-8-2-4-14-12(8)9/h1-6H. The van der Waals surface area contributed by atoms with Crippen LogP contribution < -0.4 is 19.5 Å². The Kier molecular flexibility index (Phi) is 1.17. The maximum Gasteiger partial charge on any atom is 0.0422 e. The minimum atomic E-state index is 1.40. The van der Waals surface area contributed by atoms with Gasteiger partial charge in [-0.15, -0.1) is 22.7 Å². The van der Waals surface area contributed by atoms with Gasteiger partial charge < -0.3 is 0 Å². The van der Waals surface area contributed by atoms with Crippen LogP contribution in [0.15, 0.2) is 22.9 Å². The van der Waals surface area contributed by atoms with Gasteiger partial charge >= 0.3 is 0 Å². The maximum atomic E-state index is 2.32. The molecule has 2 aliphatic rings. The molecule has 0 aliphatic heterocycles. The van der Waals surface area contributed by atoms with Crippen molar-refractivity contribution < 1.29 is 0 Å². The van der Waals surface area contributed by atoms with Gasteiger partial charge in [0.05, 0.1) is 0 Å². The van der Waals surface area contributed by atoms with E-state index in [0.29, 0.717) is 0 Å². The average molecular weight is 214 g/mol.